The van der Waals surface area contributed by atoms with Gasteiger partial charge >= 0.3 is 6.18 Å². The third-order valence-corrected chi connectivity index (χ3v) is 2.40. The van der Waals surface area contributed by atoms with Crippen LogP contribution < -0.4 is 10.9 Å². The molecular weight excluding hydrogens is 259 g/mol. The minimum absolute atomic E-state index is 0.0418. The van der Waals surface area contributed by atoms with Crippen LogP contribution in [0.25, 0.3) is 0 Å². The van der Waals surface area contributed by atoms with Crippen LogP contribution in [0.5, 0.6) is 0 Å². The van der Waals surface area contributed by atoms with Crippen molar-refractivity contribution in [2.45, 2.75) is 46.0 Å². The van der Waals surface area contributed by atoms with Crippen LogP contribution in [0.3, 0.4) is 0 Å². The van der Waals surface area contributed by atoms with Crippen molar-refractivity contribution in [3.05, 3.63) is 22.7 Å². The number of hydrogen-bond acceptors (Lipinski definition) is 3. The topological polar surface area (TPSA) is 46.9 Å². The Morgan fingerprint density at radius 2 is 2.00 bits per heavy atom. The maximum Gasteiger partial charge on any atom is 0.391 e. The van der Waals surface area contributed by atoms with Gasteiger partial charge in [0.05, 0.1) is 6.42 Å². The molecule has 0 aliphatic carbocycles. The summed E-state index contributed by atoms with van der Waals surface area (Å²) in [6.45, 7) is 5.77. The molecule has 0 radical (unpaired) electrons. The van der Waals surface area contributed by atoms with Crippen LogP contribution >= 0.6 is 0 Å². The summed E-state index contributed by atoms with van der Waals surface area (Å²) >= 11 is 0. The molecule has 1 rings (SSSR count). The molecule has 0 amide bonds. The third kappa shape index (κ3) is 5.32. The molecule has 7 heteroatoms. The zero-order valence-electron chi connectivity index (χ0n) is 11.2. The molecule has 19 heavy (non-hydrogen) atoms. The Bertz CT molecular complexity index is 468. The molecule has 4 nitrogen and oxygen atoms in total. The lowest BCUT2D eigenvalue weighted by Crippen LogP contribution is -2.31. The number of halogens is 3. The first kappa shape index (κ1) is 15.5. The lowest BCUT2D eigenvalue weighted by molar-refractivity contribution is -0.136. The Balaban J connectivity index is 2.82. The van der Waals surface area contributed by atoms with Gasteiger partial charge in [-0.1, -0.05) is 13.8 Å². The first-order valence-electron chi connectivity index (χ1n) is 6.08. The molecule has 0 aliphatic rings. The van der Waals surface area contributed by atoms with Crippen molar-refractivity contribution >= 4 is 5.82 Å². The van der Waals surface area contributed by atoms with Gasteiger partial charge in [-0.25, -0.2) is 4.98 Å². The second-order valence-corrected chi connectivity index (χ2v) is 4.99. The highest BCUT2D eigenvalue weighted by Gasteiger charge is 2.30. The number of hydrogen-bond donors (Lipinski definition) is 1. The van der Waals surface area contributed by atoms with Crippen molar-refractivity contribution in [1.82, 2.24) is 9.55 Å². The van der Waals surface area contributed by atoms with Gasteiger partial charge in [-0.2, -0.15) is 13.2 Å². The average molecular weight is 277 g/mol. The molecule has 0 fully saturated rings. The van der Waals surface area contributed by atoms with Crippen LogP contribution in [-0.4, -0.2) is 21.8 Å². The van der Waals surface area contributed by atoms with Gasteiger partial charge in [0.2, 0.25) is 0 Å². The van der Waals surface area contributed by atoms with E-state index < -0.39 is 24.2 Å². The molecular formula is C12H18F3N3O. The van der Waals surface area contributed by atoms with E-state index in [-0.39, 0.29) is 11.7 Å². The number of aromatic nitrogens is 2. The quantitative estimate of drug-likeness (QED) is 0.900. The predicted octanol–water partition coefficient (Wildman–Crippen LogP) is 2.65. The molecule has 0 saturated heterocycles. The fraction of sp³-hybridized carbons (Fsp3) is 0.667. The van der Waals surface area contributed by atoms with Crippen molar-refractivity contribution in [2.24, 2.45) is 5.92 Å². The molecule has 1 aromatic rings. The van der Waals surface area contributed by atoms with E-state index in [4.69, 9.17) is 0 Å². The zero-order chi connectivity index (χ0) is 14.6. The summed E-state index contributed by atoms with van der Waals surface area (Å²) in [5.74, 6) is 0.223. The molecule has 1 N–H and O–H groups in total. The summed E-state index contributed by atoms with van der Waals surface area (Å²) in [6, 6.07) is -0.893. The van der Waals surface area contributed by atoms with Gasteiger partial charge in [-0.15, -0.1) is 0 Å². The maximum atomic E-state index is 12.2. The Kier molecular flexibility index (Phi) is 4.97. The Labute approximate surface area is 109 Å². The van der Waals surface area contributed by atoms with E-state index in [0.717, 1.165) is 0 Å². The standard InChI is InChI=1S/C12H18F3N3O/c1-8(2)7-18-5-4-16-10(11(18)19)17-9(3)6-12(13,14)15/h4-5,8-9H,6-7H2,1-3H3,(H,16,17). The van der Waals surface area contributed by atoms with Gasteiger partial charge in [0.25, 0.3) is 5.56 Å². The Morgan fingerprint density at radius 1 is 1.37 bits per heavy atom. The van der Waals surface area contributed by atoms with Crippen molar-refractivity contribution in [1.29, 1.82) is 0 Å². The number of rotatable bonds is 5. The molecule has 0 aromatic carbocycles. The summed E-state index contributed by atoms with van der Waals surface area (Å²) in [7, 11) is 0. The number of nitrogens with zero attached hydrogens (tertiary/aromatic N) is 2. The summed E-state index contributed by atoms with van der Waals surface area (Å²) in [5.41, 5.74) is -0.398. The van der Waals surface area contributed by atoms with E-state index in [1.807, 2.05) is 13.8 Å². The van der Waals surface area contributed by atoms with Gasteiger partial charge in [0, 0.05) is 25.0 Å². The minimum atomic E-state index is -4.27. The molecule has 1 atom stereocenters. The normalized spacial score (nSPS) is 13.6. The molecule has 0 spiro atoms. The van der Waals surface area contributed by atoms with Gasteiger partial charge in [0.1, 0.15) is 0 Å². The lowest BCUT2D eigenvalue weighted by atomic mass is 10.2. The number of alkyl halides is 3. The largest absolute Gasteiger partial charge is 0.391 e. The van der Waals surface area contributed by atoms with E-state index in [1.54, 1.807) is 0 Å². The summed E-state index contributed by atoms with van der Waals surface area (Å²) < 4.78 is 38.1. The average Bonchev–Trinajstić information content (AvgIpc) is 2.20. The van der Waals surface area contributed by atoms with E-state index in [0.29, 0.717) is 6.54 Å². The van der Waals surface area contributed by atoms with Crippen LogP contribution in [0.1, 0.15) is 27.2 Å². The molecule has 0 saturated carbocycles. The molecule has 1 aromatic heterocycles. The molecule has 1 unspecified atom stereocenters. The highest BCUT2D eigenvalue weighted by atomic mass is 19.4. The van der Waals surface area contributed by atoms with Gasteiger partial charge in [-0.3, -0.25) is 4.79 Å². The summed E-state index contributed by atoms with van der Waals surface area (Å²) in [6.07, 6.45) is -2.33. The van der Waals surface area contributed by atoms with Crippen LogP contribution in [0.4, 0.5) is 19.0 Å². The smallest absolute Gasteiger partial charge is 0.363 e. The van der Waals surface area contributed by atoms with E-state index >= 15 is 0 Å². The monoisotopic (exact) mass is 277 g/mol. The van der Waals surface area contributed by atoms with Crippen molar-refractivity contribution in [3.8, 4) is 0 Å². The molecule has 108 valence electrons. The van der Waals surface area contributed by atoms with E-state index in [9.17, 15) is 18.0 Å². The molecule has 0 bridgehead atoms. The summed E-state index contributed by atoms with van der Waals surface area (Å²) in [4.78, 5) is 15.8. The molecule has 1 heterocycles. The highest BCUT2D eigenvalue weighted by Crippen LogP contribution is 2.22. The van der Waals surface area contributed by atoms with Gasteiger partial charge in [-0.05, 0) is 12.8 Å². The lowest BCUT2D eigenvalue weighted by Gasteiger charge is -2.17. The SMILES string of the molecule is CC(C)Cn1ccnc(NC(C)CC(F)(F)F)c1=O. The van der Waals surface area contributed by atoms with Crippen LogP contribution in [0, 0.1) is 5.92 Å². The van der Waals surface area contributed by atoms with Crippen LogP contribution in [0.2, 0.25) is 0 Å². The highest BCUT2D eigenvalue weighted by molar-refractivity contribution is 5.32. The fourth-order valence-corrected chi connectivity index (χ4v) is 1.72. The van der Waals surface area contributed by atoms with E-state index in [1.165, 1.54) is 23.9 Å². The fourth-order valence-electron chi connectivity index (χ4n) is 1.72. The predicted molar refractivity (Wildman–Crippen MR) is 67.1 cm³/mol. The van der Waals surface area contributed by atoms with E-state index in [2.05, 4.69) is 10.3 Å². The zero-order valence-corrected chi connectivity index (χ0v) is 11.2. The molecule has 0 aliphatic heterocycles. The van der Waals surface area contributed by atoms with Crippen molar-refractivity contribution in [2.75, 3.05) is 5.32 Å². The second kappa shape index (κ2) is 6.08. The van der Waals surface area contributed by atoms with Crippen molar-refractivity contribution < 1.29 is 13.2 Å². The van der Waals surface area contributed by atoms with Gasteiger partial charge in [0.15, 0.2) is 5.82 Å². The Hall–Kier alpha value is -1.53. The third-order valence-electron chi connectivity index (χ3n) is 2.40. The summed E-state index contributed by atoms with van der Waals surface area (Å²) in [5, 5.41) is 2.52. The first-order valence-corrected chi connectivity index (χ1v) is 6.08. The minimum Gasteiger partial charge on any atom is -0.363 e. The van der Waals surface area contributed by atoms with Crippen molar-refractivity contribution in [3.63, 3.8) is 0 Å². The first-order chi connectivity index (χ1) is 8.69. The number of nitrogens with one attached hydrogen (secondary N) is 1. The number of anilines is 1. The van der Waals surface area contributed by atoms with Crippen LogP contribution in [0.15, 0.2) is 17.2 Å². The maximum absolute atomic E-state index is 12.2. The second-order valence-electron chi connectivity index (χ2n) is 4.99. The van der Waals surface area contributed by atoms with Gasteiger partial charge < -0.3 is 9.88 Å². The Morgan fingerprint density at radius 3 is 2.53 bits per heavy atom. The van der Waals surface area contributed by atoms with Crippen LogP contribution in [-0.2, 0) is 6.54 Å².